The average Bonchev–Trinajstić information content (AvgIpc) is 3.02. The molecule has 2 aliphatic rings. The summed E-state index contributed by atoms with van der Waals surface area (Å²) in [4.78, 5) is 26.7. The van der Waals surface area contributed by atoms with E-state index in [0.29, 0.717) is 13.1 Å². The zero-order valence-electron chi connectivity index (χ0n) is 10.0. The van der Waals surface area contributed by atoms with Gasteiger partial charge in [-0.15, -0.1) is 0 Å². The molecule has 0 aromatic carbocycles. The van der Waals surface area contributed by atoms with Crippen LogP contribution in [0.15, 0.2) is 0 Å². The molecule has 1 aliphatic heterocycles. The van der Waals surface area contributed by atoms with Crippen molar-refractivity contribution >= 4 is 11.8 Å². The Hall–Kier alpha value is -1.14. The van der Waals surface area contributed by atoms with Gasteiger partial charge in [0.05, 0.1) is 12.1 Å². The highest BCUT2D eigenvalue weighted by Gasteiger charge is 2.48. The van der Waals surface area contributed by atoms with Crippen LogP contribution < -0.4 is 11.5 Å². The number of hydrogen-bond acceptors (Lipinski definition) is 4. The van der Waals surface area contributed by atoms with Crippen molar-refractivity contribution in [2.24, 2.45) is 11.5 Å². The Balaban J connectivity index is 1.87. The number of carbonyl (C=O) groups excluding carboxylic acids is 2. The first-order valence-corrected chi connectivity index (χ1v) is 6.10. The lowest BCUT2D eigenvalue weighted by molar-refractivity contribution is -0.133. The van der Waals surface area contributed by atoms with Crippen LogP contribution in [0.1, 0.15) is 19.3 Å². The van der Waals surface area contributed by atoms with Crippen molar-refractivity contribution in [3.63, 3.8) is 0 Å². The Morgan fingerprint density at radius 3 is 2.41 bits per heavy atom. The van der Waals surface area contributed by atoms with Gasteiger partial charge < -0.3 is 16.4 Å². The number of carbonyl (C=O) groups is 2. The molecule has 2 rings (SSSR count). The summed E-state index contributed by atoms with van der Waals surface area (Å²) in [6.07, 6.45) is 2.47. The van der Waals surface area contributed by atoms with E-state index in [1.807, 2.05) is 9.80 Å². The van der Waals surface area contributed by atoms with Gasteiger partial charge in [0.1, 0.15) is 0 Å². The molecule has 1 saturated heterocycles. The summed E-state index contributed by atoms with van der Waals surface area (Å²) >= 11 is 0. The third-order valence-corrected chi connectivity index (χ3v) is 3.47. The summed E-state index contributed by atoms with van der Waals surface area (Å²) in [5.41, 5.74) is 10.5. The molecule has 1 aliphatic carbocycles. The van der Waals surface area contributed by atoms with Gasteiger partial charge >= 0.3 is 0 Å². The zero-order valence-corrected chi connectivity index (χ0v) is 10.0. The van der Waals surface area contributed by atoms with Gasteiger partial charge in [0.15, 0.2) is 0 Å². The van der Waals surface area contributed by atoms with Crippen molar-refractivity contribution in [3.05, 3.63) is 0 Å². The lowest BCUT2D eigenvalue weighted by Crippen LogP contribution is -2.47. The van der Waals surface area contributed by atoms with Crippen molar-refractivity contribution in [2.45, 2.75) is 24.8 Å². The average molecular weight is 240 g/mol. The van der Waals surface area contributed by atoms with Gasteiger partial charge in [0.25, 0.3) is 0 Å². The zero-order chi connectivity index (χ0) is 12.5. The third kappa shape index (κ3) is 2.95. The van der Waals surface area contributed by atoms with Gasteiger partial charge in [0.2, 0.25) is 11.8 Å². The molecule has 4 N–H and O–H groups in total. The van der Waals surface area contributed by atoms with Crippen LogP contribution in [-0.4, -0.2) is 59.9 Å². The maximum Gasteiger partial charge on any atom is 0.242 e. The second-order valence-corrected chi connectivity index (χ2v) is 5.04. The molecule has 0 spiro atoms. The van der Waals surface area contributed by atoms with Crippen molar-refractivity contribution in [2.75, 3.05) is 32.7 Å². The van der Waals surface area contributed by atoms with E-state index in [4.69, 9.17) is 11.5 Å². The molecule has 96 valence electrons. The van der Waals surface area contributed by atoms with Crippen LogP contribution in [0.5, 0.6) is 0 Å². The van der Waals surface area contributed by atoms with Crippen molar-refractivity contribution in [3.8, 4) is 0 Å². The molecule has 6 nitrogen and oxygen atoms in total. The topological polar surface area (TPSA) is 92.7 Å². The quantitative estimate of drug-likeness (QED) is 0.627. The molecule has 0 aromatic rings. The summed E-state index contributed by atoms with van der Waals surface area (Å²) < 4.78 is 0. The molecular weight excluding hydrogens is 220 g/mol. The minimum Gasteiger partial charge on any atom is -0.369 e. The Labute approximate surface area is 101 Å². The van der Waals surface area contributed by atoms with Gasteiger partial charge in [0, 0.05) is 26.2 Å². The first-order valence-electron chi connectivity index (χ1n) is 6.10. The van der Waals surface area contributed by atoms with Gasteiger partial charge in [-0.3, -0.25) is 14.5 Å². The van der Waals surface area contributed by atoms with E-state index in [2.05, 4.69) is 0 Å². The van der Waals surface area contributed by atoms with Gasteiger partial charge in [-0.1, -0.05) is 0 Å². The van der Waals surface area contributed by atoms with E-state index in [-0.39, 0.29) is 18.4 Å². The van der Waals surface area contributed by atoms with Crippen LogP contribution in [0.3, 0.4) is 0 Å². The molecule has 0 unspecified atom stereocenters. The molecule has 2 fully saturated rings. The molecule has 17 heavy (non-hydrogen) atoms. The summed E-state index contributed by atoms with van der Waals surface area (Å²) in [6.45, 7) is 3.16. The molecule has 0 bridgehead atoms. The molecule has 1 heterocycles. The second kappa shape index (κ2) is 4.62. The van der Waals surface area contributed by atoms with Gasteiger partial charge in [-0.05, 0) is 19.3 Å². The molecule has 1 saturated carbocycles. The Morgan fingerprint density at radius 2 is 1.82 bits per heavy atom. The third-order valence-electron chi connectivity index (χ3n) is 3.47. The van der Waals surface area contributed by atoms with Gasteiger partial charge in [-0.25, -0.2) is 0 Å². The van der Waals surface area contributed by atoms with Crippen LogP contribution in [0, 0.1) is 0 Å². The first kappa shape index (κ1) is 12.3. The van der Waals surface area contributed by atoms with Crippen LogP contribution in [0.2, 0.25) is 0 Å². The highest BCUT2D eigenvalue weighted by molar-refractivity contribution is 5.89. The number of primary amides is 1. The highest BCUT2D eigenvalue weighted by atomic mass is 16.2. The van der Waals surface area contributed by atoms with E-state index < -0.39 is 5.54 Å². The summed E-state index contributed by atoms with van der Waals surface area (Å²) in [5.74, 6) is -0.249. The predicted molar refractivity (Wildman–Crippen MR) is 63.0 cm³/mol. The number of nitrogens with zero attached hydrogens (tertiary/aromatic N) is 2. The Bertz CT molecular complexity index is 327. The SMILES string of the molecule is NC(=O)CN1CCCN(C(=O)C2(N)CC2)CC1. The minimum atomic E-state index is -0.584. The summed E-state index contributed by atoms with van der Waals surface area (Å²) in [6, 6.07) is 0. The minimum absolute atomic E-state index is 0.0680. The van der Waals surface area contributed by atoms with E-state index >= 15 is 0 Å². The monoisotopic (exact) mass is 240 g/mol. The number of hydrogen-bond donors (Lipinski definition) is 2. The standard InChI is InChI=1S/C11H20N4O2/c12-9(16)8-14-4-1-5-15(7-6-14)10(17)11(13)2-3-11/h1-8,13H2,(H2,12,16). The first-order chi connectivity index (χ1) is 8.01. The van der Waals surface area contributed by atoms with E-state index in [9.17, 15) is 9.59 Å². The fraction of sp³-hybridized carbons (Fsp3) is 0.818. The highest BCUT2D eigenvalue weighted by Crippen LogP contribution is 2.34. The van der Waals surface area contributed by atoms with Crippen molar-refractivity contribution in [1.29, 1.82) is 0 Å². The Kier molecular flexibility index (Phi) is 3.35. The normalized spacial score (nSPS) is 24.2. The predicted octanol–water partition coefficient (Wildman–Crippen LogP) is -1.50. The number of rotatable bonds is 3. The largest absolute Gasteiger partial charge is 0.369 e. The maximum absolute atomic E-state index is 12.1. The fourth-order valence-corrected chi connectivity index (χ4v) is 2.22. The van der Waals surface area contributed by atoms with E-state index in [1.54, 1.807) is 0 Å². The molecule has 2 amide bonds. The summed E-state index contributed by atoms with van der Waals surface area (Å²) in [5, 5.41) is 0. The number of amides is 2. The van der Waals surface area contributed by atoms with Crippen LogP contribution in [-0.2, 0) is 9.59 Å². The molecule has 6 heteroatoms. The second-order valence-electron chi connectivity index (χ2n) is 5.04. The van der Waals surface area contributed by atoms with Crippen molar-refractivity contribution < 1.29 is 9.59 Å². The Morgan fingerprint density at radius 1 is 1.12 bits per heavy atom. The van der Waals surface area contributed by atoms with Crippen LogP contribution in [0.4, 0.5) is 0 Å². The lowest BCUT2D eigenvalue weighted by Gasteiger charge is -2.24. The molecule has 0 aromatic heterocycles. The molecule has 0 atom stereocenters. The lowest BCUT2D eigenvalue weighted by atomic mass is 10.2. The van der Waals surface area contributed by atoms with E-state index in [0.717, 1.165) is 32.4 Å². The van der Waals surface area contributed by atoms with E-state index in [1.165, 1.54) is 0 Å². The van der Waals surface area contributed by atoms with Crippen LogP contribution >= 0.6 is 0 Å². The molecular formula is C11H20N4O2. The maximum atomic E-state index is 12.1. The smallest absolute Gasteiger partial charge is 0.242 e. The van der Waals surface area contributed by atoms with Gasteiger partial charge in [-0.2, -0.15) is 0 Å². The fourth-order valence-electron chi connectivity index (χ4n) is 2.22. The van der Waals surface area contributed by atoms with Crippen molar-refractivity contribution in [1.82, 2.24) is 9.80 Å². The van der Waals surface area contributed by atoms with Crippen LogP contribution in [0.25, 0.3) is 0 Å². The summed E-state index contributed by atoms with van der Waals surface area (Å²) in [7, 11) is 0. The number of nitrogens with two attached hydrogens (primary N) is 2. The molecule has 0 radical (unpaired) electrons.